The molecule has 1 amide bonds. The number of methoxy groups -OCH3 is 2. The maximum Gasteiger partial charge on any atom is 0.410 e. The summed E-state index contributed by atoms with van der Waals surface area (Å²) in [6, 6.07) is 5.79. The highest BCUT2D eigenvalue weighted by Gasteiger charge is 2.26. The molecule has 2 heterocycles. The van der Waals surface area contributed by atoms with Crippen LogP contribution in [-0.4, -0.2) is 36.8 Å². The molecule has 1 aromatic carbocycles. The van der Waals surface area contributed by atoms with E-state index in [0.717, 1.165) is 22.2 Å². The fourth-order valence-corrected chi connectivity index (χ4v) is 2.64. The van der Waals surface area contributed by atoms with Crippen molar-refractivity contribution >= 4 is 17.0 Å². The predicted octanol–water partition coefficient (Wildman–Crippen LogP) is 2.72. The van der Waals surface area contributed by atoms with Gasteiger partial charge in [0.1, 0.15) is 0 Å². The van der Waals surface area contributed by atoms with E-state index in [0.29, 0.717) is 31.2 Å². The number of benzene rings is 1. The van der Waals surface area contributed by atoms with Crippen LogP contribution in [0.3, 0.4) is 0 Å². The Kier molecular flexibility index (Phi) is 3.75. The maximum absolute atomic E-state index is 11.8. The lowest BCUT2D eigenvalue weighted by Gasteiger charge is -2.13. The average Bonchev–Trinajstić information content (AvgIpc) is 2.94. The number of carbonyl (C=O) groups is 1. The third kappa shape index (κ3) is 2.41. The Hall–Kier alpha value is -2.50. The van der Waals surface area contributed by atoms with E-state index in [1.54, 1.807) is 26.0 Å². The number of aromatic nitrogens is 1. The number of carbonyl (C=O) groups excluding carboxylic acids is 1. The first kappa shape index (κ1) is 14.4. The second-order valence-electron chi connectivity index (χ2n) is 5.05. The zero-order valence-electron chi connectivity index (χ0n) is 12.9. The van der Waals surface area contributed by atoms with Gasteiger partial charge in [0.2, 0.25) is 0 Å². The zero-order chi connectivity index (χ0) is 15.7. The van der Waals surface area contributed by atoms with Crippen LogP contribution in [0.4, 0.5) is 4.79 Å². The van der Waals surface area contributed by atoms with Gasteiger partial charge >= 0.3 is 6.09 Å². The van der Waals surface area contributed by atoms with E-state index in [1.165, 1.54) is 0 Å². The van der Waals surface area contributed by atoms with Crippen molar-refractivity contribution in [3.8, 4) is 11.5 Å². The van der Waals surface area contributed by atoms with E-state index in [-0.39, 0.29) is 6.09 Å². The third-order valence-electron chi connectivity index (χ3n) is 3.72. The van der Waals surface area contributed by atoms with E-state index < -0.39 is 0 Å². The molecule has 116 valence electrons. The smallest absolute Gasteiger partial charge is 0.410 e. The first-order valence-electron chi connectivity index (χ1n) is 7.12. The zero-order valence-corrected chi connectivity index (χ0v) is 12.9. The summed E-state index contributed by atoms with van der Waals surface area (Å²) >= 11 is 0. The van der Waals surface area contributed by atoms with Crippen molar-refractivity contribution < 1.29 is 19.0 Å². The van der Waals surface area contributed by atoms with Crippen molar-refractivity contribution in [3.63, 3.8) is 0 Å². The van der Waals surface area contributed by atoms with Crippen molar-refractivity contribution in [1.29, 1.82) is 0 Å². The number of ether oxygens (including phenoxy) is 3. The van der Waals surface area contributed by atoms with Crippen molar-refractivity contribution in [2.75, 3.05) is 20.8 Å². The van der Waals surface area contributed by atoms with E-state index in [1.807, 2.05) is 18.2 Å². The molecule has 0 aliphatic carbocycles. The first-order valence-corrected chi connectivity index (χ1v) is 7.12. The number of amides is 1. The second kappa shape index (κ2) is 5.71. The Balaban J connectivity index is 1.98. The van der Waals surface area contributed by atoms with Gasteiger partial charge in [-0.15, -0.1) is 0 Å². The minimum Gasteiger partial charge on any atom is -0.493 e. The average molecular weight is 302 g/mol. The topological polar surface area (TPSA) is 60.9 Å². The Morgan fingerprint density at radius 1 is 1.18 bits per heavy atom. The van der Waals surface area contributed by atoms with Crippen molar-refractivity contribution in [2.45, 2.75) is 20.0 Å². The molecule has 0 saturated carbocycles. The number of hydrogen-bond acceptors (Lipinski definition) is 5. The van der Waals surface area contributed by atoms with Crippen molar-refractivity contribution in [2.24, 2.45) is 0 Å². The van der Waals surface area contributed by atoms with Gasteiger partial charge in [-0.1, -0.05) is 0 Å². The van der Waals surface area contributed by atoms with Crippen LogP contribution >= 0.6 is 0 Å². The minimum atomic E-state index is -0.306. The lowest BCUT2D eigenvalue weighted by Crippen LogP contribution is -2.26. The molecule has 0 spiro atoms. The van der Waals surface area contributed by atoms with Crippen LogP contribution in [0.5, 0.6) is 11.5 Å². The van der Waals surface area contributed by atoms with Gasteiger partial charge in [-0.2, -0.15) is 0 Å². The van der Waals surface area contributed by atoms with Crippen LogP contribution in [0.25, 0.3) is 10.9 Å². The highest BCUT2D eigenvalue weighted by Crippen LogP contribution is 2.33. The Labute approximate surface area is 128 Å². The quantitative estimate of drug-likeness (QED) is 0.872. The van der Waals surface area contributed by atoms with Crippen molar-refractivity contribution in [1.82, 2.24) is 9.88 Å². The summed E-state index contributed by atoms with van der Waals surface area (Å²) in [5.41, 5.74) is 2.75. The molecule has 0 bridgehead atoms. The summed E-state index contributed by atoms with van der Waals surface area (Å²) in [7, 11) is 3.20. The molecule has 0 fully saturated rings. The van der Waals surface area contributed by atoms with E-state index >= 15 is 0 Å². The van der Waals surface area contributed by atoms with Gasteiger partial charge in [0.15, 0.2) is 11.5 Å². The Morgan fingerprint density at radius 3 is 2.59 bits per heavy atom. The predicted molar refractivity (Wildman–Crippen MR) is 81.1 cm³/mol. The monoisotopic (exact) mass is 302 g/mol. The summed E-state index contributed by atoms with van der Waals surface area (Å²) in [5.74, 6) is 1.31. The molecule has 1 aromatic heterocycles. The summed E-state index contributed by atoms with van der Waals surface area (Å²) in [6.45, 7) is 3.16. The molecule has 0 radical (unpaired) electrons. The molecule has 0 N–H and O–H groups in total. The molecule has 1 aliphatic rings. The first-order chi connectivity index (χ1) is 10.7. The van der Waals surface area contributed by atoms with Gasteiger partial charge in [-0.25, -0.2) is 4.79 Å². The summed E-state index contributed by atoms with van der Waals surface area (Å²) in [4.78, 5) is 18.1. The number of fused-ring (bicyclic) bond motifs is 2. The highest BCUT2D eigenvalue weighted by atomic mass is 16.6. The van der Waals surface area contributed by atoms with Crippen molar-refractivity contribution in [3.05, 3.63) is 29.5 Å². The lowest BCUT2D eigenvalue weighted by molar-refractivity contribution is 0.106. The third-order valence-corrected chi connectivity index (χ3v) is 3.72. The normalized spacial score (nSPS) is 13.1. The van der Waals surface area contributed by atoms with Gasteiger partial charge in [0, 0.05) is 11.5 Å². The molecule has 0 atom stereocenters. The van der Waals surface area contributed by atoms with Crippen LogP contribution in [0.15, 0.2) is 18.2 Å². The number of hydrogen-bond donors (Lipinski definition) is 0. The molecule has 0 saturated heterocycles. The molecular weight excluding hydrogens is 284 g/mol. The standard InChI is InChI=1S/C16H18N2O4/c1-4-22-16(19)18-8-11-5-10-6-14(20-2)15(21-3)7-12(10)17-13(11)9-18/h5-7H,4,8-9H2,1-3H3. The fraction of sp³-hybridized carbons (Fsp3) is 0.375. The molecular formula is C16H18N2O4. The number of pyridine rings is 1. The Morgan fingerprint density at radius 2 is 1.91 bits per heavy atom. The summed E-state index contributed by atoms with van der Waals surface area (Å²) in [6.07, 6.45) is -0.306. The lowest BCUT2D eigenvalue weighted by atomic mass is 10.1. The molecule has 3 rings (SSSR count). The molecule has 2 aromatic rings. The van der Waals surface area contributed by atoms with Gasteiger partial charge < -0.3 is 14.2 Å². The summed E-state index contributed by atoms with van der Waals surface area (Å²) in [5, 5.41) is 0.960. The highest BCUT2D eigenvalue weighted by molar-refractivity contribution is 5.84. The molecule has 6 nitrogen and oxygen atoms in total. The van der Waals surface area contributed by atoms with Crippen LogP contribution in [0, 0.1) is 0 Å². The van der Waals surface area contributed by atoms with Gasteiger partial charge in [0.05, 0.1) is 45.1 Å². The molecule has 1 aliphatic heterocycles. The fourth-order valence-electron chi connectivity index (χ4n) is 2.64. The van der Waals surface area contributed by atoms with Crippen LogP contribution in [-0.2, 0) is 17.8 Å². The summed E-state index contributed by atoms with van der Waals surface area (Å²) < 4.78 is 15.7. The second-order valence-corrected chi connectivity index (χ2v) is 5.05. The van der Waals surface area contributed by atoms with Gasteiger partial charge in [-0.05, 0) is 24.6 Å². The van der Waals surface area contributed by atoms with Crippen LogP contribution < -0.4 is 9.47 Å². The van der Waals surface area contributed by atoms with E-state index in [9.17, 15) is 4.79 Å². The molecule has 22 heavy (non-hydrogen) atoms. The van der Waals surface area contributed by atoms with Gasteiger partial charge in [0.25, 0.3) is 0 Å². The van der Waals surface area contributed by atoms with E-state index in [2.05, 4.69) is 4.98 Å². The SMILES string of the molecule is CCOC(=O)N1Cc2cc3cc(OC)c(OC)cc3nc2C1. The van der Waals surface area contributed by atoms with E-state index in [4.69, 9.17) is 14.2 Å². The van der Waals surface area contributed by atoms with Crippen LogP contribution in [0.1, 0.15) is 18.2 Å². The maximum atomic E-state index is 11.8. The molecule has 6 heteroatoms. The molecule has 0 unspecified atom stereocenters. The Bertz CT molecular complexity index is 677. The number of nitrogens with zero attached hydrogens (tertiary/aromatic N) is 2. The van der Waals surface area contributed by atoms with Crippen LogP contribution in [0.2, 0.25) is 0 Å². The largest absolute Gasteiger partial charge is 0.493 e. The van der Waals surface area contributed by atoms with Gasteiger partial charge in [-0.3, -0.25) is 9.88 Å². The number of rotatable bonds is 3. The minimum absolute atomic E-state index is 0.306.